The normalized spacial score (nSPS) is 21.3. The minimum Gasteiger partial charge on any atom is -0.488 e. The Morgan fingerprint density at radius 3 is 2.55 bits per heavy atom. The third-order valence-corrected chi connectivity index (χ3v) is 8.30. The van der Waals surface area contributed by atoms with Crippen molar-refractivity contribution in [2.24, 2.45) is 5.92 Å². The fourth-order valence-corrected chi connectivity index (χ4v) is 5.60. The van der Waals surface area contributed by atoms with Gasteiger partial charge in [0.1, 0.15) is 18.0 Å². The number of benzene rings is 1. The molecule has 1 aromatic heterocycles. The SMILES string of the molecule is Cc1cc(S(C)(=O)=O)ccc1-c1cc2c(cn1)OC(C1CCN(C(=O)OC3CCC3)CC1)C2. The van der Waals surface area contributed by atoms with Crippen molar-refractivity contribution >= 4 is 15.9 Å². The van der Waals surface area contributed by atoms with Gasteiger partial charge in [0.2, 0.25) is 0 Å². The molecule has 1 amide bonds. The summed E-state index contributed by atoms with van der Waals surface area (Å²) >= 11 is 0. The number of hydrogen-bond acceptors (Lipinski definition) is 6. The molecule has 1 aromatic carbocycles. The monoisotopic (exact) mass is 470 g/mol. The molecule has 1 saturated heterocycles. The topological polar surface area (TPSA) is 85.8 Å². The van der Waals surface area contributed by atoms with E-state index in [1.807, 2.05) is 17.9 Å². The zero-order valence-corrected chi connectivity index (χ0v) is 19.9. The van der Waals surface area contributed by atoms with Crippen LogP contribution < -0.4 is 4.74 Å². The van der Waals surface area contributed by atoms with Crippen LogP contribution >= 0.6 is 0 Å². The number of carbonyl (C=O) groups is 1. The Bertz CT molecular complexity index is 1170. The lowest BCUT2D eigenvalue weighted by atomic mass is 9.89. The Kier molecular flexibility index (Phi) is 5.80. The first-order chi connectivity index (χ1) is 15.8. The van der Waals surface area contributed by atoms with E-state index in [1.54, 1.807) is 18.3 Å². The average molecular weight is 471 g/mol. The second kappa shape index (κ2) is 8.63. The van der Waals surface area contributed by atoms with Gasteiger partial charge in [0.05, 0.1) is 16.8 Å². The van der Waals surface area contributed by atoms with Gasteiger partial charge in [-0.05, 0) is 68.7 Å². The van der Waals surface area contributed by atoms with Crippen LogP contribution in [0.25, 0.3) is 11.3 Å². The first kappa shape index (κ1) is 22.2. The largest absolute Gasteiger partial charge is 0.488 e. The number of sulfone groups is 1. The molecule has 7 nitrogen and oxygen atoms in total. The molecule has 0 N–H and O–H groups in total. The number of pyridine rings is 1. The molecule has 8 heteroatoms. The number of carbonyl (C=O) groups excluding carboxylic acids is 1. The lowest BCUT2D eigenvalue weighted by Gasteiger charge is -2.35. The molecule has 5 rings (SSSR count). The highest BCUT2D eigenvalue weighted by atomic mass is 32.2. The summed E-state index contributed by atoms with van der Waals surface area (Å²) in [7, 11) is -3.24. The van der Waals surface area contributed by atoms with Gasteiger partial charge in [0.25, 0.3) is 0 Å². The summed E-state index contributed by atoms with van der Waals surface area (Å²) in [4.78, 5) is 19.0. The molecule has 1 aliphatic carbocycles. The number of likely N-dealkylation sites (tertiary alicyclic amines) is 1. The highest BCUT2D eigenvalue weighted by Gasteiger charge is 2.35. The Morgan fingerprint density at radius 1 is 1.15 bits per heavy atom. The number of nitrogens with zero attached hydrogens (tertiary/aromatic N) is 2. The lowest BCUT2D eigenvalue weighted by molar-refractivity contribution is 0.0146. The van der Waals surface area contributed by atoms with Crippen LogP contribution in [0.5, 0.6) is 5.75 Å². The molecule has 33 heavy (non-hydrogen) atoms. The zero-order valence-electron chi connectivity index (χ0n) is 19.1. The minimum absolute atomic E-state index is 0.0931. The van der Waals surface area contributed by atoms with Crippen molar-refractivity contribution in [2.75, 3.05) is 19.3 Å². The molecular weight excluding hydrogens is 440 g/mol. The Labute approximate surface area is 195 Å². The highest BCUT2D eigenvalue weighted by Crippen LogP contribution is 2.37. The third-order valence-electron chi connectivity index (χ3n) is 7.19. The van der Waals surface area contributed by atoms with Crippen LogP contribution in [0.3, 0.4) is 0 Å². The molecule has 2 aromatic rings. The van der Waals surface area contributed by atoms with Crippen LogP contribution in [-0.4, -0.2) is 55.9 Å². The van der Waals surface area contributed by atoms with E-state index in [1.165, 1.54) is 6.26 Å². The van der Waals surface area contributed by atoms with Gasteiger partial charge in [-0.1, -0.05) is 6.07 Å². The van der Waals surface area contributed by atoms with Crippen molar-refractivity contribution in [3.8, 4) is 17.0 Å². The van der Waals surface area contributed by atoms with Crippen molar-refractivity contribution in [3.05, 3.63) is 41.6 Å². The fraction of sp³-hybridized carbons (Fsp3) is 0.520. The number of rotatable bonds is 4. The van der Waals surface area contributed by atoms with E-state index in [0.29, 0.717) is 23.9 Å². The standard InChI is InChI=1S/C25H30N2O5S/c1-16-12-20(33(2,29)30)6-7-21(16)22-13-18-14-23(32-24(18)15-26-22)17-8-10-27(11-9-17)25(28)31-19-4-3-5-19/h6-7,12-13,15,17,19,23H,3-5,8-11,14H2,1-2H3. The molecule has 3 heterocycles. The van der Waals surface area contributed by atoms with Crippen LogP contribution in [0, 0.1) is 12.8 Å². The molecule has 2 aliphatic heterocycles. The minimum atomic E-state index is -3.24. The first-order valence-electron chi connectivity index (χ1n) is 11.7. The van der Waals surface area contributed by atoms with E-state index in [2.05, 4.69) is 11.1 Å². The van der Waals surface area contributed by atoms with E-state index >= 15 is 0 Å². The van der Waals surface area contributed by atoms with Crippen LogP contribution in [0.2, 0.25) is 0 Å². The van der Waals surface area contributed by atoms with E-state index < -0.39 is 9.84 Å². The Hall–Kier alpha value is -2.61. The summed E-state index contributed by atoms with van der Waals surface area (Å²) in [5, 5.41) is 0. The van der Waals surface area contributed by atoms with Crippen LogP contribution in [0.15, 0.2) is 35.4 Å². The maximum absolute atomic E-state index is 12.3. The summed E-state index contributed by atoms with van der Waals surface area (Å²) in [6, 6.07) is 7.22. The van der Waals surface area contributed by atoms with Crippen LogP contribution in [-0.2, 0) is 21.0 Å². The molecule has 1 saturated carbocycles. The van der Waals surface area contributed by atoms with Gasteiger partial charge in [-0.25, -0.2) is 13.2 Å². The van der Waals surface area contributed by atoms with Crippen LogP contribution in [0.4, 0.5) is 4.79 Å². The number of aromatic nitrogens is 1. The maximum Gasteiger partial charge on any atom is 0.410 e. The zero-order chi connectivity index (χ0) is 23.2. The number of ether oxygens (including phenoxy) is 2. The number of hydrogen-bond donors (Lipinski definition) is 0. The van der Waals surface area contributed by atoms with Gasteiger partial charge >= 0.3 is 6.09 Å². The maximum atomic E-state index is 12.3. The number of aryl methyl sites for hydroxylation is 1. The van der Waals surface area contributed by atoms with Crippen molar-refractivity contribution in [1.29, 1.82) is 0 Å². The molecule has 1 atom stereocenters. The van der Waals surface area contributed by atoms with Crippen LogP contribution in [0.1, 0.15) is 43.2 Å². The lowest BCUT2D eigenvalue weighted by Crippen LogP contribution is -2.44. The predicted molar refractivity (Wildman–Crippen MR) is 124 cm³/mol. The number of fused-ring (bicyclic) bond motifs is 1. The van der Waals surface area contributed by atoms with Gasteiger partial charge in [0, 0.05) is 36.9 Å². The molecule has 0 radical (unpaired) electrons. The Morgan fingerprint density at radius 2 is 1.91 bits per heavy atom. The van der Waals surface area contributed by atoms with Crippen molar-refractivity contribution < 1.29 is 22.7 Å². The summed E-state index contributed by atoms with van der Waals surface area (Å²) < 4.78 is 35.4. The van der Waals surface area contributed by atoms with E-state index in [9.17, 15) is 13.2 Å². The van der Waals surface area contributed by atoms with Crippen molar-refractivity contribution in [2.45, 2.75) is 62.6 Å². The molecule has 2 fully saturated rings. The molecule has 0 bridgehead atoms. The molecular formula is C25H30N2O5S. The number of piperidine rings is 1. The molecule has 3 aliphatic rings. The first-order valence-corrected chi connectivity index (χ1v) is 13.6. The summed E-state index contributed by atoms with van der Waals surface area (Å²) in [5.41, 5.74) is 3.75. The van der Waals surface area contributed by atoms with Crippen molar-refractivity contribution in [1.82, 2.24) is 9.88 Å². The van der Waals surface area contributed by atoms with Gasteiger partial charge in [-0.3, -0.25) is 4.98 Å². The fourth-order valence-electron chi connectivity index (χ4n) is 4.90. The Balaban J connectivity index is 1.23. The molecule has 176 valence electrons. The average Bonchev–Trinajstić information content (AvgIpc) is 3.19. The molecule has 1 unspecified atom stereocenters. The van der Waals surface area contributed by atoms with E-state index in [0.717, 1.165) is 66.7 Å². The van der Waals surface area contributed by atoms with Gasteiger partial charge < -0.3 is 14.4 Å². The van der Waals surface area contributed by atoms with E-state index in [-0.39, 0.29) is 18.3 Å². The smallest absolute Gasteiger partial charge is 0.410 e. The second-order valence-electron chi connectivity index (χ2n) is 9.55. The summed E-state index contributed by atoms with van der Waals surface area (Å²) in [5.74, 6) is 1.21. The third kappa shape index (κ3) is 4.58. The summed E-state index contributed by atoms with van der Waals surface area (Å²) in [6.07, 6.45) is 8.82. The highest BCUT2D eigenvalue weighted by molar-refractivity contribution is 7.90. The summed E-state index contributed by atoms with van der Waals surface area (Å²) in [6.45, 7) is 3.32. The van der Waals surface area contributed by atoms with Gasteiger partial charge in [-0.15, -0.1) is 0 Å². The number of amides is 1. The predicted octanol–water partition coefficient (Wildman–Crippen LogP) is 4.17. The quantitative estimate of drug-likeness (QED) is 0.667. The second-order valence-corrected chi connectivity index (χ2v) is 11.6. The molecule has 0 spiro atoms. The van der Waals surface area contributed by atoms with Gasteiger partial charge in [0.15, 0.2) is 9.84 Å². The van der Waals surface area contributed by atoms with Gasteiger partial charge in [-0.2, -0.15) is 0 Å². The van der Waals surface area contributed by atoms with Crippen molar-refractivity contribution in [3.63, 3.8) is 0 Å². The van der Waals surface area contributed by atoms with E-state index in [4.69, 9.17) is 9.47 Å².